The summed E-state index contributed by atoms with van der Waals surface area (Å²) in [5.41, 5.74) is 0.912. The van der Waals surface area contributed by atoms with Gasteiger partial charge < -0.3 is 4.42 Å². The van der Waals surface area contributed by atoms with Gasteiger partial charge in [-0.1, -0.05) is 36.0 Å². The Hall–Kier alpha value is -2.45. The predicted octanol–water partition coefficient (Wildman–Crippen LogP) is 4.36. The molecule has 1 atom stereocenters. The number of H-pyrrole nitrogens is 1. The van der Waals surface area contributed by atoms with Crippen LogP contribution in [0.5, 0.6) is 0 Å². The molecular formula is C17H15N5OS2. The summed E-state index contributed by atoms with van der Waals surface area (Å²) >= 11 is 3.20. The van der Waals surface area contributed by atoms with Crippen LogP contribution in [0.15, 0.2) is 57.4 Å². The third-order valence-corrected chi connectivity index (χ3v) is 5.35. The van der Waals surface area contributed by atoms with Crippen molar-refractivity contribution >= 4 is 23.1 Å². The molecule has 4 aromatic rings. The molecule has 0 amide bonds. The Morgan fingerprint density at radius 2 is 2.04 bits per heavy atom. The maximum atomic E-state index is 5.79. The van der Waals surface area contributed by atoms with Crippen molar-refractivity contribution in [2.75, 3.05) is 0 Å². The molecule has 0 spiro atoms. The standard InChI is InChI=1S/C17H15N5OS2/c1-11(15-20-21-16(23-15)12-6-3-2-4-7-12)25-17-18-14(19-22-17)10-13-8-5-9-24-13/h2-9,11H,10H2,1H3,(H,18,19,22). The summed E-state index contributed by atoms with van der Waals surface area (Å²) in [6.07, 6.45) is 0.762. The lowest BCUT2D eigenvalue weighted by molar-refractivity contribution is 0.509. The van der Waals surface area contributed by atoms with Gasteiger partial charge in [-0.3, -0.25) is 5.10 Å². The van der Waals surface area contributed by atoms with Crippen molar-refractivity contribution in [2.45, 2.75) is 23.8 Å². The minimum Gasteiger partial charge on any atom is -0.419 e. The Balaban J connectivity index is 1.43. The average Bonchev–Trinajstić information content (AvgIpc) is 3.38. The van der Waals surface area contributed by atoms with Gasteiger partial charge in [-0.05, 0) is 30.5 Å². The van der Waals surface area contributed by atoms with E-state index < -0.39 is 0 Å². The minimum atomic E-state index is -0.0321. The zero-order valence-corrected chi connectivity index (χ0v) is 15.0. The van der Waals surface area contributed by atoms with Gasteiger partial charge in [0.15, 0.2) is 0 Å². The summed E-state index contributed by atoms with van der Waals surface area (Å²) in [5, 5.41) is 18.2. The Kier molecular flexibility index (Phi) is 4.62. The fourth-order valence-electron chi connectivity index (χ4n) is 2.29. The van der Waals surface area contributed by atoms with Gasteiger partial charge in [0, 0.05) is 16.9 Å². The highest BCUT2D eigenvalue weighted by Crippen LogP contribution is 2.33. The third kappa shape index (κ3) is 3.80. The Morgan fingerprint density at radius 1 is 1.16 bits per heavy atom. The second kappa shape index (κ2) is 7.20. The van der Waals surface area contributed by atoms with Crippen LogP contribution in [-0.4, -0.2) is 25.4 Å². The van der Waals surface area contributed by atoms with Gasteiger partial charge in [0.1, 0.15) is 5.82 Å². The van der Waals surface area contributed by atoms with Crippen molar-refractivity contribution in [3.05, 3.63) is 64.4 Å². The second-order valence-electron chi connectivity index (χ2n) is 5.39. The first kappa shape index (κ1) is 16.0. The van der Waals surface area contributed by atoms with Crippen LogP contribution in [0.25, 0.3) is 11.5 Å². The summed E-state index contributed by atoms with van der Waals surface area (Å²) in [7, 11) is 0. The lowest BCUT2D eigenvalue weighted by Crippen LogP contribution is -1.90. The molecule has 0 saturated carbocycles. The fraction of sp³-hybridized carbons (Fsp3) is 0.176. The number of benzene rings is 1. The first-order valence-electron chi connectivity index (χ1n) is 7.77. The van der Waals surface area contributed by atoms with Gasteiger partial charge in [-0.25, -0.2) is 4.98 Å². The van der Waals surface area contributed by atoms with Crippen LogP contribution >= 0.6 is 23.1 Å². The van der Waals surface area contributed by atoms with E-state index in [2.05, 4.69) is 36.8 Å². The van der Waals surface area contributed by atoms with Crippen LogP contribution < -0.4 is 0 Å². The van der Waals surface area contributed by atoms with Gasteiger partial charge >= 0.3 is 0 Å². The van der Waals surface area contributed by atoms with E-state index in [9.17, 15) is 0 Å². The Labute approximate surface area is 152 Å². The normalized spacial score (nSPS) is 12.4. The number of thioether (sulfide) groups is 1. The minimum absolute atomic E-state index is 0.0321. The highest BCUT2D eigenvalue weighted by atomic mass is 32.2. The van der Waals surface area contributed by atoms with Crippen molar-refractivity contribution in [3.8, 4) is 11.5 Å². The molecule has 4 rings (SSSR count). The summed E-state index contributed by atoms with van der Waals surface area (Å²) in [6.45, 7) is 2.00. The predicted molar refractivity (Wildman–Crippen MR) is 97.5 cm³/mol. The Bertz CT molecular complexity index is 933. The van der Waals surface area contributed by atoms with E-state index >= 15 is 0 Å². The number of thiophene rings is 1. The molecule has 8 heteroatoms. The van der Waals surface area contributed by atoms with Gasteiger partial charge in [-0.2, -0.15) is 0 Å². The van der Waals surface area contributed by atoms with Gasteiger partial charge in [0.25, 0.3) is 0 Å². The molecule has 1 N–H and O–H groups in total. The van der Waals surface area contributed by atoms with Crippen molar-refractivity contribution in [1.29, 1.82) is 0 Å². The summed E-state index contributed by atoms with van der Waals surface area (Å²) in [6, 6.07) is 13.9. The maximum Gasteiger partial charge on any atom is 0.247 e. The molecule has 1 unspecified atom stereocenters. The van der Waals surface area contributed by atoms with Gasteiger partial charge in [-0.15, -0.1) is 26.6 Å². The van der Waals surface area contributed by atoms with E-state index in [0.717, 1.165) is 17.8 Å². The lowest BCUT2D eigenvalue weighted by atomic mass is 10.2. The van der Waals surface area contributed by atoms with Crippen molar-refractivity contribution in [1.82, 2.24) is 25.4 Å². The van der Waals surface area contributed by atoms with Crippen LogP contribution in [0.4, 0.5) is 0 Å². The summed E-state index contributed by atoms with van der Waals surface area (Å²) in [4.78, 5) is 5.78. The molecule has 3 aromatic heterocycles. The SMILES string of the molecule is CC(Sc1n[nH]c(Cc2cccs2)n1)c1nnc(-c2ccccc2)o1. The van der Waals surface area contributed by atoms with Crippen molar-refractivity contribution in [2.24, 2.45) is 0 Å². The number of nitrogens with one attached hydrogen (secondary N) is 1. The summed E-state index contributed by atoms with van der Waals surface area (Å²) < 4.78 is 5.79. The summed E-state index contributed by atoms with van der Waals surface area (Å²) in [5.74, 6) is 1.94. The van der Waals surface area contributed by atoms with Crippen molar-refractivity contribution in [3.63, 3.8) is 0 Å². The molecule has 0 aliphatic heterocycles. The molecule has 0 fully saturated rings. The molecular weight excluding hydrogens is 354 g/mol. The van der Waals surface area contributed by atoms with Crippen LogP contribution in [0, 0.1) is 0 Å². The number of aromatic amines is 1. The molecule has 3 heterocycles. The molecule has 6 nitrogen and oxygen atoms in total. The van der Waals surface area contributed by atoms with E-state index in [-0.39, 0.29) is 5.25 Å². The van der Waals surface area contributed by atoms with E-state index in [1.165, 1.54) is 16.6 Å². The second-order valence-corrected chi connectivity index (χ2v) is 7.73. The number of rotatable bonds is 6. The zero-order chi connectivity index (χ0) is 17.1. The number of aromatic nitrogens is 5. The molecule has 0 radical (unpaired) electrons. The lowest BCUT2D eigenvalue weighted by Gasteiger charge is -2.02. The largest absolute Gasteiger partial charge is 0.419 e. The molecule has 25 heavy (non-hydrogen) atoms. The first-order chi connectivity index (χ1) is 12.3. The van der Waals surface area contributed by atoms with Gasteiger partial charge in [0.2, 0.25) is 16.9 Å². The van der Waals surface area contributed by atoms with Crippen LogP contribution in [-0.2, 0) is 6.42 Å². The Morgan fingerprint density at radius 3 is 2.84 bits per heavy atom. The van der Waals surface area contributed by atoms with Crippen LogP contribution in [0.2, 0.25) is 0 Å². The first-order valence-corrected chi connectivity index (χ1v) is 9.53. The number of nitrogens with zero attached hydrogens (tertiary/aromatic N) is 4. The maximum absolute atomic E-state index is 5.79. The smallest absolute Gasteiger partial charge is 0.247 e. The van der Waals surface area contributed by atoms with E-state index in [4.69, 9.17) is 4.42 Å². The quantitative estimate of drug-likeness (QED) is 0.509. The average molecular weight is 369 g/mol. The number of hydrogen-bond acceptors (Lipinski definition) is 7. The van der Waals surface area contributed by atoms with E-state index in [1.807, 2.05) is 43.3 Å². The highest BCUT2D eigenvalue weighted by Gasteiger charge is 2.18. The van der Waals surface area contributed by atoms with Crippen LogP contribution in [0.1, 0.15) is 28.8 Å². The highest BCUT2D eigenvalue weighted by molar-refractivity contribution is 7.99. The molecule has 0 bridgehead atoms. The van der Waals surface area contributed by atoms with Crippen LogP contribution in [0.3, 0.4) is 0 Å². The molecule has 126 valence electrons. The number of hydrogen-bond donors (Lipinski definition) is 1. The molecule has 0 aliphatic rings. The van der Waals surface area contributed by atoms with Gasteiger partial charge in [0.05, 0.1) is 5.25 Å². The third-order valence-electron chi connectivity index (χ3n) is 3.52. The zero-order valence-electron chi connectivity index (χ0n) is 13.4. The van der Waals surface area contributed by atoms with E-state index in [1.54, 1.807) is 11.3 Å². The van der Waals surface area contributed by atoms with E-state index in [0.29, 0.717) is 16.9 Å². The fourth-order valence-corrected chi connectivity index (χ4v) is 3.78. The van der Waals surface area contributed by atoms with Crippen molar-refractivity contribution < 1.29 is 4.42 Å². The monoisotopic (exact) mass is 369 g/mol. The topological polar surface area (TPSA) is 80.5 Å². The molecule has 0 saturated heterocycles. The molecule has 0 aliphatic carbocycles. The molecule has 1 aromatic carbocycles.